The molecule has 0 spiro atoms. The molecule has 8 nitrogen and oxygen atoms in total. The van der Waals surface area contributed by atoms with Crippen molar-refractivity contribution in [2.24, 2.45) is 0 Å². The van der Waals surface area contributed by atoms with Crippen LogP contribution < -0.4 is 5.32 Å². The van der Waals surface area contributed by atoms with Gasteiger partial charge in [0.2, 0.25) is 5.91 Å². The molecule has 0 bridgehead atoms. The molecule has 1 amide bonds. The van der Waals surface area contributed by atoms with E-state index in [4.69, 9.17) is 9.72 Å². The molecule has 4 aromatic rings. The first-order valence-electron chi connectivity index (χ1n) is 13.6. The number of aromatic nitrogens is 4. The molecule has 0 aliphatic carbocycles. The fraction of sp³-hybridized carbons (Fsp3) is 0.400. The molecule has 0 aliphatic rings. The highest BCUT2D eigenvalue weighted by molar-refractivity contribution is 5.90. The van der Waals surface area contributed by atoms with Crippen LogP contribution in [0.1, 0.15) is 81.3 Å². The number of esters is 1. The third-order valence-electron chi connectivity index (χ3n) is 6.52. The molecule has 38 heavy (non-hydrogen) atoms. The van der Waals surface area contributed by atoms with Crippen molar-refractivity contribution in [1.82, 2.24) is 19.6 Å². The minimum atomic E-state index is -0.299. The van der Waals surface area contributed by atoms with Gasteiger partial charge in [0.15, 0.2) is 17.3 Å². The number of anilines is 1. The van der Waals surface area contributed by atoms with Gasteiger partial charge in [-0.3, -0.25) is 9.89 Å². The number of nitrogens with one attached hydrogen (secondary N) is 2. The average Bonchev–Trinajstić information content (AvgIpc) is 3.48. The zero-order chi connectivity index (χ0) is 26.9. The summed E-state index contributed by atoms with van der Waals surface area (Å²) in [7, 11) is 0. The van der Waals surface area contributed by atoms with Crippen molar-refractivity contribution >= 4 is 23.2 Å². The zero-order valence-corrected chi connectivity index (χ0v) is 22.5. The number of hydrogen-bond donors (Lipinski definition) is 2. The molecular formula is C30H37N5O3. The number of rotatable bonds is 13. The van der Waals surface area contributed by atoms with Crippen molar-refractivity contribution in [3.63, 3.8) is 0 Å². The fourth-order valence-electron chi connectivity index (χ4n) is 4.50. The van der Waals surface area contributed by atoms with E-state index in [9.17, 15) is 9.59 Å². The van der Waals surface area contributed by atoms with Crippen molar-refractivity contribution in [3.05, 3.63) is 59.8 Å². The maximum absolute atomic E-state index is 12.5. The number of hydrogen-bond acceptors (Lipinski definition) is 5. The first kappa shape index (κ1) is 27.1. The minimum Gasteiger partial charge on any atom is -0.462 e. The molecule has 2 heterocycles. The minimum absolute atomic E-state index is 0.127. The summed E-state index contributed by atoms with van der Waals surface area (Å²) < 4.78 is 7.32. The van der Waals surface area contributed by atoms with Crippen molar-refractivity contribution in [3.8, 4) is 22.8 Å². The van der Waals surface area contributed by atoms with Crippen LogP contribution in [-0.4, -0.2) is 38.1 Å². The summed E-state index contributed by atoms with van der Waals surface area (Å²) in [5.41, 5.74) is 4.44. The van der Waals surface area contributed by atoms with Crippen LogP contribution in [0.5, 0.6) is 0 Å². The van der Waals surface area contributed by atoms with E-state index in [0.29, 0.717) is 35.2 Å². The molecule has 2 aromatic heterocycles. The second-order valence-electron chi connectivity index (χ2n) is 9.70. The van der Waals surface area contributed by atoms with Gasteiger partial charge >= 0.3 is 5.97 Å². The highest BCUT2D eigenvalue weighted by atomic mass is 16.5. The van der Waals surface area contributed by atoms with Crippen LogP contribution in [0.3, 0.4) is 0 Å². The van der Waals surface area contributed by atoms with E-state index in [2.05, 4.69) is 22.3 Å². The lowest BCUT2D eigenvalue weighted by molar-refractivity contribution is -0.114. The smallest absolute Gasteiger partial charge is 0.338 e. The van der Waals surface area contributed by atoms with E-state index in [1.165, 1.54) is 45.4 Å². The number of carbonyl (C=O) groups excluding carboxylic acids is 2. The summed E-state index contributed by atoms with van der Waals surface area (Å²) in [6.45, 7) is 6.07. The first-order valence-corrected chi connectivity index (χ1v) is 13.6. The monoisotopic (exact) mass is 515 g/mol. The average molecular weight is 516 g/mol. The topological polar surface area (TPSA) is 101 Å². The Morgan fingerprint density at radius 1 is 0.921 bits per heavy atom. The van der Waals surface area contributed by atoms with E-state index < -0.39 is 0 Å². The molecular weight excluding hydrogens is 478 g/mol. The normalized spacial score (nSPS) is 11.1. The number of ether oxygens (including phenoxy) is 1. The number of amides is 1. The molecule has 2 N–H and O–H groups in total. The maximum Gasteiger partial charge on any atom is 0.338 e. The molecule has 0 fully saturated rings. The van der Waals surface area contributed by atoms with Crippen LogP contribution in [0, 0.1) is 6.92 Å². The van der Waals surface area contributed by atoms with E-state index >= 15 is 0 Å². The van der Waals surface area contributed by atoms with Crippen LogP contribution in [0.4, 0.5) is 5.69 Å². The van der Waals surface area contributed by atoms with E-state index in [-0.39, 0.29) is 11.9 Å². The van der Waals surface area contributed by atoms with E-state index in [0.717, 1.165) is 29.7 Å². The largest absolute Gasteiger partial charge is 0.462 e. The van der Waals surface area contributed by atoms with Gasteiger partial charge in [0.05, 0.1) is 17.9 Å². The van der Waals surface area contributed by atoms with E-state index in [1.807, 2.05) is 47.8 Å². The Kier molecular flexibility index (Phi) is 9.30. The number of carbonyl (C=O) groups is 2. The van der Waals surface area contributed by atoms with Crippen LogP contribution in [0.2, 0.25) is 0 Å². The SMILES string of the molecule is CCCCCCCCCCOC(=O)c1ccc(-c2nc(C)c3nc(-c4cccc(NC(C)=O)c4)[nH]n23)cc1. The molecule has 200 valence electrons. The van der Waals surface area contributed by atoms with Gasteiger partial charge in [-0.05, 0) is 37.6 Å². The second kappa shape index (κ2) is 13.0. The second-order valence-corrected chi connectivity index (χ2v) is 9.70. The quantitative estimate of drug-likeness (QED) is 0.148. The Labute approximate surface area is 223 Å². The van der Waals surface area contributed by atoms with Gasteiger partial charge < -0.3 is 10.1 Å². The lowest BCUT2D eigenvalue weighted by Crippen LogP contribution is -2.06. The number of unbranched alkanes of at least 4 members (excludes halogenated alkanes) is 7. The maximum atomic E-state index is 12.5. The van der Waals surface area contributed by atoms with Crippen molar-refractivity contribution < 1.29 is 14.3 Å². The van der Waals surface area contributed by atoms with Crippen molar-refractivity contribution in [1.29, 1.82) is 0 Å². The number of fused-ring (bicyclic) bond motifs is 1. The summed E-state index contributed by atoms with van der Waals surface area (Å²) in [6.07, 6.45) is 9.66. The van der Waals surface area contributed by atoms with E-state index in [1.54, 1.807) is 12.1 Å². The molecule has 0 radical (unpaired) electrons. The Bertz CT molecular complexity index is 1370. The fourth-order valence-corrected chi connectivity index (χ4v) is 4.50. The Balaban J connectivity index is 1.38. The van der Waals surface area contributed by atoms with Crippen LogP contribution in [-0.2, 0) is 9.53 Å². The summed E-state index contributed by atoms with van der Waals surface area (Å²) in [6, 6.07) is 14.8. The van der Waals surface area contributed by atoms with Crippen LogP contribution in [0.15, 0.2) is 48.5 Å². The molecule has 0 atom stereocenters. The predicted molar refractivity (Wildman–Crippen MR) is 150 cm³/mol. The van der Waals surface area contributed by atoms with Gasteiger partial charge in [0, 0.05) is 23.7 Å². The number of nitrogens with zero attached hydrogens (tertiary/aromatic N) is 3. The van der Waals surface area contributed by atoms with Gasteiger partial charge in [-0.25, -0.2) is 19.3 Å². The standard InChI is InChI=1S/C30H37N5O3/c1-4-5-6-7-8-9-10-11-19-38-30(37)24-17-15-23(16-18-24)29-31-21(2)28-33-27(34-35(28)29)25-13-12-14-26(20-25)32-22(3)36/h12-18,20H,4-11,19H2,1-3H3,(H,32,36)(H,33,34). The number of imidazole rings is 1. The Hall–Kier alpha value is -3.94. The van der Waals surface area contributed by atoms with Gasteiger partial charge in [0.1, 0.15) is 0 Å². The van der Waals surface area contributed by atoms with Gasteiger partial charge in [-0.2, -0.15) is 0 Å². The van der Waals surface area contributed by atoms with Crippen molar-refractivity contribution in [2.75, 3.05) is 11.9 Å². The summed E-state index contributed by atoms with van der Waals surface area (Å²) in [4.78, 5) is 33.3. The molecule has 0 saturated carbocycles. The lowest BCUT2D eigenvalue weighted by atomic mass is 10.1. The lowest BCUT2D eigenvalue weighted by Gasteiger charge is -2.06. The number of benzene rings is 2. The third-order valence-corrected chi connectivity index (χ3v) is 6.52. The Morgan fingerprint density at radius 2 is 1.63 bits per heavy atom. The molecule has 2 aromatic carbocycles. The number of H-pyrrole nitrogens is 1. The molecule has 0 aliphatic heterocycles. The molecule has 4 rings (SSSR count). The number of aryl methyl sites for hydroxylation is 1. The summed E-state index contributed by atoms with van der Waals surface area (Å²) in [5, 5.41) is 6.11. The van der Waals surface area contributed by atoms with Crippen LogP contribution >= 0.6 is 0 Å². The van der Waals surface area contributed by atoms with Crippen molar-refractivity contribution in [2.45, 2.75) is 72.1 Å². The summed E-state index contributed by atoms with van der Waals surface area (Å²) in [5.74, 6) is 0.942. The first-order chi connectivity index (χ1) is 18.5. The number of aromatic amines is 1. The summed E-state index contributed by atoms with van der Waals surface area (Å²) >= 11 is 0. The van der Waals surface area contributed by atoms with Gasteiger partial charge in [-0.1, -0.05) is 76.1 Å². The van der Waals surface area contributed by atoms with Gasteiger partial charge in [-0.15, -0.1) is 0 Å². The van der Waals surface area contributed by atoms with Gasteiger partial charge in [0.25, 0.3) is 0 Å². The third kappa shape index (κ3) is 6.88. The molecule has 0 saturated heterocycles. The predicted octanol–water partition coefficient (Wildman–Crippen LogP) is 6.96. The Morgan fingerprint density at radius 3 is 2.34 bits per heavy atom. The highest BCUT2D eigenvalue weighted by Gasteiger charge is 2.16. The molecule has 8 heteroatoms. The zero-order valence-electron chi connectivity index (χ0n) is 22.5. The highest BCUT2D eigenvalue weighted by Crippen LogP contribution is 2.26. The molecule has 0 unspecified atom stereocenters. The van der Waals surface area contributed by atoms with Crippen LogP contribution in [0.25, 0.3) is 28.4 Å².